The average Bonchev–Trinajstić information content (AvgIpc) is 2.62. The van der Waals surface area contributed by atoms with Crippen LogP contribution in [0.1, 0.15) is 55.6 Å². The Balaban J connectivity index is 1.73. The van der Waals surface area contributed by atoms with Crippen molar-refractivity contribution in [2.75, 3.05) is 0 Å². The highest BCUT2D eigenvalue weighted by Crippen LogP contribution is 2.49. The topological polar surface area (TPSA) is 44.8 Å². The van der Waals surface area contributed by atoms with Gasteiger partial charge in [-0.2, -0.15) is 13.1 Å². The summed E-state index contributed by atoms with van der Waals surface area (Å²) < 4.78 is 35.8. The summed E-state index contributed by atoms with van der Waals surface area (Å²) in [6.07, 6.45) is 0.800. The number of halogens is 2. The Morgan fingerprint density at radius 3 is 2.42 bits per heavy atom. The standard InChI is InChI=1S/C19H24F2O4S/c1-12-8-10-13(11-9-12)14-4-2-6-16-15(14)5-3-7-17(16)23-18(22)19(20,21)24-25-26/h8-11,14-17,26H,2-7H2,1H3. The second-order valence-corrected chi connectivity index (χ2v) is 7.47. The van der Waals surface area contributed by atoms with Crippen LogP contribution in [-0.4, -0.2) is 18.2 Å². The third-order valence-electron chi connectivity index (χ3n) is 5.77. The van der Waals surface area contributed by atoms with Gasteiger partial charge < -0.3 is 4.74 Å². The Labute approximate surface area is 157 Å². The maximum absolute atomic E-state index is 13.5. The zero-order valence-electron chi connectivity index (χ0n) is 14.7. The van der Waals surface area contributed by atoms with E-state index in [1.54, 1.807) is 0 Å². The Bertz CT molecular complexity index is 622. The van der Waals surface area contributed by atoms with Crippen molar-refractivity contribution in [2.45, 2.75) is 63.6 Å². The summed E-state index contributed by atoms with van der Waals surface area (Å²) in [6.45, 7) is 2.06. The zero-order chi connectivity index (χ0) is 18.7. The number of hydrogen-bond donors (Lipinski definition) is 1. The first-order chi connectivity index (χ1) is 12.4. The molecule has 3 rings (SSSR count). The number of rotatable bonds is 5. The summed E-state index contributed by atoms with van der Waals surface area (Å²) in [7, 11) is 0. The molecule has 4 unspecified atom stereocenters. The van der Waals surface area contributed by atoms with Crippen molar-refractivity contribution in [1.82, 2.24) is 0 Å². The Morgan fingerprint density at radius 1 is 1.08 bits per heavy atom. The molecular weight excluding hydrogens is 362 g/mol. The number of ether oxygens (including phenoxy) is 1. The number of fused-ring (bicyclic) bond motifs is 1. The molecule has 26 heavy (non-hydrogen) atoms. The minimum Gasteiger partial charge on any atom is -0.456 e. The molecule has 0 heterocycles. The molecule has 4 nitrogen and oxygen atoms in total. The Kier molecular flexibility index (Phi) is 6.20. The van der Waals surface area contributed by atoms with Crippen molar-refractivity contribution in [1.29, 1.82) is 0 Å². The van der Waals surface area contributed by atoms with Gasteiger partial charge >= 0.3 is 12.1 Å². The number of alkyl halides is 2. The van der Waals surface area contributed by atoms with Gasteiger partial charge in [-0.3, -0.25) is 0 Å². The minimum atomic E-state index is -4.15. The van der Waals surface area contributed by atoms with Gasteiger partial charge in [0.15, 0.2) is 0 Å². The quantitative estimate of drug-likeness (QED) is 0.255. The van der Waals surface area contributed by atoms with Crippen LogP contribution in [0.5, 0.6) is 0 Å². The summed E-state index contributed by atoms with van der Waals surface area (Å²) in [5, 5.41) is 0. The van der Waals surface area contributed by atoms with Crippen molar-refractivity contribution in [3.05, 3.63) is 35.4 Å². The largest absolute Gasteiger partial charge is 0.483 e. The lowest BCUT2D eigenvalue weighted by Crippen LogP contribution is -2.44. The predicted molar refractivity (Wildman–Crippen MR) is 94.6 cm³/mol. The van der Waals surface area contributed by atoms with E-state index in [9.17, 15) is 13.6 Å². The van der Waals surface area contributed by atoms with Crippen LogP contribution in [0.3, 0.4) is 0 Å². The lowest BCUT2D eigenvalue weighted by atomic mass is 9.62. The van der Waals surface area contributed by atoms with Crippen LogP contribution in [0.25, 0.3) is 0 Å². The van der Waals surface area contributed by atoms with Crippen LogP contribution in [-0.2, 0) is 18.8 Å². The van der Waals surface area contributed by atoms with E-state index in [-0.39, 0.29) is 5.92 Å². The van der Waals surface area contributed by atoms with Gasteiger partial charge in [-0.25, -0.2) is 4.79 Å². The van der Waals surface area contributed by atoms with Crippen LogP contribution in [0.15, 0.2) is 24.3 Å². The molecule has 2 aliphatic carbocycles. The molecule has 0 aromatic heterocycles. The molecule has 0 radical (unpaired) electrons. The molecule has 0 bridgehead atoms. The van der Waals surface area contributed by atoms with Crippen molar-refractivity contribution >= 4 is 18.9 Å². The second kappa shape index (κ2) is 8.23. The molecule has 0 amide bonds. The number of carbonyl (C=O) groups is 1. The van der Waals surface area contributed by atoms with Gasteiger partial charge in [0, 0.05) is 12.9 Å². The van der Waals surface area contributed by atoms with Gasteiger partial charge in [0.05, 0.1) is 0 Å². The fourth-order valence-corrected chi connectivity index (χ4v) is 4.70. The Hall–Kier alpha value is -1.18. The van der Waals surface area contributed by atoms with Gasteiger partial charge in [0.2, 0.25) is 0 Å². The molecule has 1 aromatic rings. The van der Waals surface area contributed by atoms with Crippen LogP contribution < -0.4 is 0 Å². The molecule has 0 N–H and O–H groups in total. The summed E-state index contributed by atoms with van der Waals surface area (Å²) in [5.74, 6) is -0.891. The number of hydrogen-bond acceptors (Lipinski definition) is 5. The number of carbonyl (C=O) groups excluding carboxylic acids is 1. The van der Waals surface area contributed by atoms with E-state index in [4.69, 9.17) is 4.74 Å². The maximum atomic E-state index is 13.5. The molecule has 4 atom stereocenters. The van der Waals surface area contributed by atoms with Crippen molar-refractivity contribution in [2.24, 2.45) is 11.8 Å². The number of benzene rings is 1. The fourth-order valence-electron chi connectivity index (χ4n) is 4.61. The van der Waals surface area contributed by atoms with Gasteiger partial charge in [-0.15, -0.1) is 4.89 Å². The Morgan fingerprint density at radius 2 is 1.73 bits per heavy atom. The molecule has 7 heteroatoms. The normalized spacial score (nSPS) is 29.1. The molecule has 2 saturated carbocycles. The van der Waals surface area contributed by atoms with Gasteiger partial charge in [0.25, 0.3) is 0 Å². The van der Waals surface area contributed by atoms with E-state index < -0.39 is 18.2 Å². The SMILES string of the molecule is Cc1ccc(C2CCCC3C(OC(=O)C(F)(F)OOS)CCCC23)cc1. The van der Waals surface area contributed by atoms with Gasteiger partial charge in [0.1, 0.15) is 6.10 Å². The van der Waals surface area contributed by atoms with Gasteiger partial charge in [-0.05, 0) is 62.3 Å². The highest BCUT2D eigenvalue weighted by atomic mass is 32.1. The van der Waals surface area contributed by atoms with E-state index in [0.717, 1.165) is 32.1 Å². The first kappa shape index (κ1) is 19.6. The summed E-state index contributed by atoms with van der Waals surface area (Å²) in [6, 6.07) is 8.53. The van der Waals surface area contributed by atoms with E-state index in [0.29, 0.717) is 18.3 Å². The maximum Gasteiger partial charge on any atom is 0.483 e. The van der Waals surface area contributed by atoms with Crippen molar-refractivity contribution in [3.8, 4) is 0 Å². The highest BCUT2D eigenvalue weighted by Gasteiger charge is 2.48. The monoisotopic (exact) mass is 386 g/mol. The van der Waals surface area contributed by atoms with Crippen molar-refractivity contribution in [3.63, 3.8) is 0 Å². The minimum absolute atomic E-state index is 0.0977. The summed E-state index contributed by atoms with van der Waals surface area (Å²) in [4.78, 5) is 15.4. The second-order valence-electron chi connectivity index (χ2n) is 7.33. The molecule has 0 spiro atoms. The average molecular weight is 386 g/mol. The van der Waals surface area contributed by atoms with E-state index in [1.165, 1.54) is 11.1 Å². The molecule has 1 aromatic carbocycles. The first-order valence-electron chi connectivity index (χ1n) is 9.07. The third-order valence-corrected chi connectivity index (χ3v) is 5.84. The molecule has 144 valence electrons. The smallest absolute Gasteiger partial charge is 0.456 e. The molecule has 2 aliphatic rings. The highest BCUT2D eigenvalue weighted by molar-refractivity contribution is 7.74. The number of thiol groups is 1. The van der Waals surface area contributed by atoms with Crippen LogP contribution in [0, 0.1) is 18.8 Å². The van der Waals surface area contributed by atoms with Crippen LogP contribution in [0.4, 0.5) is 8.78 Å². The van der Waals surface area contributed by atoms with E-state index in [2.05, 4.69) is 53.3 Å². The van der Waals surface area contributed by atoms with E-state index >= 15 is 0 Å². The van der Waals surface area contributed by atoms with E-state index in [1.807, 2.05) is 0 Å². The first-order valence-corrected chi connectivity index (χ1v) is 9.43. The molecule has 0 saturated heterocycles. The lowest BCUT2D eigenvalue weighted by Gasteiger charge is -2.45. The number of esters is 1. The van der Waals surface area contributed by atoms with Crippen LogP contribution in [0.2, 0.25) is 0 Å². The zero-order valence-corrected chi connectivity index (χ0v) is 15.6. The summed E-state index contributed by atoms with van der Waals surface area (Å²) in [5.41, 5.74) is 2.50. The van der Waals surface area contributed by atoms with Crippen LogP contribution >= 0.6 is 12.9 Å². The molecule has 2 fully saturated rings. The summed E-state index contributed by atoms with van der Waals surface area (Å²) >= 11 is 3.10. The predicted octanol–water partition coefficient (Wildman–Crippen LogP) is 4.98. The number of aryl methyl sites for hydroxylation is 1. The molecular formula is C19H24F2O4S. The molecule has 0 aliphatic heterocycles. The fraction of sp³-hybridized carbons (Fsp3) is 0.632. The van der Waals surface area contributed by atoms with Gasteiger partial charge in [-0.1, -0.05) is 36.2 Å². The van der Waals surface area contributed by atoms with Crippen molar-refractivity contribution < 1.29 is 27.5 Å². The third kappa shape index (κ3) is 4.21. The lowest BCUT2D eigenvalue weighted by molar-refractivity contribution is -0.370.